The molecule has 0 spiro atoms. The second kappa shape index (κ2) is 7.12. The summed E-state index contributed by atoms with van der Waals surface area (Å²) in [7, 11) is 0. The van der Waals surface area contributed by atoms with Crippen molar-refractivity contribution in [1.82, 2.24) is 5.32 Å². The fourth-order valence-electron chi connectivity index (χ4n) is 2.33. The quantitative estimate of drug-likeness (QED) is 0.857. The molecule has 0 aliphatic carbocycles. The number of ether oxygens (including phenoxy) is 2. The normalized spacial score (nSPS) is 12.6. The lowest BCUT2D eigenvalue weighted by molar-refractivity contribution is -0.116. The van der Waals surface area contributed by atoms with Crippen LogP contribution in [-0.2, 0) is 11.2 Å². The van der Waals surface area contributed by atoms with E-state index in [2.05, 4.69) is 5.32 Å². The van der Waals surface area contributed by atoms with Gasteiger partial charge in [-0.1, -0.05) is 6.07 Å². The fraction of sp³-hybridized carbons (Fsp3) is 0.167. The third kappa shape index (κ3) is 4.10. The van der Waals surface area contributed by atoms with Crippen molar-refractivity contribution in [3.63, 3.8) is 0 Å². The Balaban J connectivity index is 1.49. The van der Waals surface area contributed by atoms with Crippen LogP contribution in [0.1, 0.15) is 11.1 Å². The van der Waals surface area contributed by atoms with Crippen molar-refractivity contribution in [2.45, 2.75) is 6.42 Å². The molecule has 1 heterocycles. The Hall–Kier alpha value is -2.89. The molecular formula is C18H15F2NO3. The maximum atomic E-state index is 13.0. The molecule has 2 aromatic rings. The van der Waals surface area contributed by atoms with Gasteiger partial charge in [0.2, 0.25) is 12.7 Å². The summed E-state index contributed by atoms with van der Waals surface area (Å²) in [6.07, 6.45) is 3.24. The molecule has 0 atom stereocenters. The largest absolute Gasteiger partial charge is 0.454 e. The highest BCUT2D eigenvalue weighted by Gasteiger charge is 2.12. The summed E-state index contributed by atoms with van der Waals surface area (Å²) in [5.41, 5.74) is 1.30. The van der Waals surface area contributed by atoms with E-state index in [4.69, 9.17) is 9.47 Å². The summed E-state index contributed by atoms with van der Waals surface area (Å²) in [5, 5.41) is 2.71. The van der Waals surface area contributed by atoms with Gasteiger partial charge in [0.05, 0.1) is 0 Å². The molecule has 0 bridgehead atoms. The SMILES string of the molecule is O=C(C=Cc1cc(F)cc(F)c1)NCCc1ccc2c(c1)OCO2. The van der Waals surface area contributed by atoms with Gasteiger partial charge in [0.25, 0.3) is 0 Å². The highest BCUT2D eigenvalue weighted by molar-refractivity contribution is 5.91. The molecule has 0 saturated carbocycles. The molecule has 0 aromatic heterocycles. The minimum Gasteiger partial charge on any atom is -0.454 e. The van der Waals surface area contributed by atoms with Crippen LogP contribution in [0.15, 0.2) is 42.5 Å². The van der Waals surface area contributed by atoms with Crippen LogP contribution in [0.4, 0.5) is 8.78 Å². The van der Waals surface area contributed by atoms with Crippen molar-refractivity contribution < 1.29 is 23.0 Å². The minimum atomic E-state index is -0.683. The number of amides is 1. The van der Waals surface area contributed by atoms with Crippen LogP contribution >= 0.6 is 0 Å². The molecule has 4 nitrogen and oxygen atoms in total. The van der Waals surface area contributed by atoms with E-state index in [1.54, 1.807) is 0 Å². The lowest BCUT2D eigenvalue weighted by Crippen LogP contribution is -2.23. The Kier molecular flexibility index (Phi) is 4.74. The number of carbonyl (C=O) groups excluding carboxylic acids is 1. The van der Waals surface area contributed by atoms with Gasteiger partial charge in [-0.3, -0.25) is 4.79 Å². The monoisotopic (exact) mass is 331 g/mol. The van der Waals surface area contributed by atoms with Crippen molar-refractivity contribution >= 4 is 12.0 Å². The van der Waals surface area contributed by atoms with E-state index in [1.807, 2.05) is 18.2 Å². The highest BCUT2D eigenvalue weighted by atomic mass is 19.1. The van der Waals surface area contributed by atoms with Crippen LogP contribution in [0.3, 0.4) is 0 Å². The number of carbonyl (C=O) groups is 1. The first-order chi connectivity index (χ1) is 11.6. The van der Waals surface area contributed by atoms with Gasteiger partial charge in [-0.05, 0) is 47.9 Å². The molecule has 1 aliphatic rings. The Morgan fingerprint density at radius 2 is 1.83 bits per heavy atom. The molecule has 6 heteroatoms. The number of nitrogens with one attached hydrogen (secondary N) is 1. The average molecular weight is 331 g/mol. The first-order valence-electron chi connectivity index (χ1n) is 7.41. The van der Waals surface area contributed by atoms with E-state index >= 15 is 0 Å². The van der Waals surface area contributed by atoms with Gasteiger partial charge in [0.15, 0.2) is 11.5 Å². The van der Waals surface area contributed by atoms with Gasteiger partial charge < -0.3 is 14.8 Å². The van der Waals surface area contributed by atoms with Gasteiger partial charge in [0, 0.05) is 18.7 Å². The number of fused-ring (bicyclic) bond motifs is 1. The summed E-state index contributed by atoms with van der Waals surface area (Å²) in [6.45, 7) is 0.654. The number of benzene rings is 2. The molecule has 1 N–H and O–H groups in total. The zero-order chi connectivity index (χ0) is 16.9. The highest BCUT2D eigenvalue weighted by Crippen LogP contribution is 2.32. The predicted molar refractivity (Wildman–Crippen MR) is 84.7 cm³/mol. The summed E-state index contributed by atoms with van der Waals surface area (Å²) >= 11 is 0. The minimum absolute atomic E-state index is 0.223. The van der Waals surface area contributed by atoms with Gasteiger partial charge in [-0.2, -0.15) is 0 Å². The molecule has 0 fully saturated rings. The van der Waals surface area contributed by atoms with Crippen molar-refractivity contribution in [2.24, 2.45) is 0 Å². The number of rotatable bonds is 5. The number of hydrogen-bond donors (Lipinski definition) is 1. The molecule has 0 unspecified atom stereocenters. The van der Waals surface area contributed by atoms with E-state index in [0.717, 1.165) is 23.8 Å². The maximum absolute atomic E-state index is 13.0. The van der Waals surface area contributed by atoms with E-state index in [0.29, 0.717) is 30.0 Å². The zero-order valence-corrected chi connectivity index (χ0v) is 12.7. The van der Waals surface area contributed by atoms with Crippen LogP contribution in [-0.4, -0.2) is 19.2 Å². The van der Waals surface area contributed by atoms with Crippen LogP contribution in [0.2, 0.25) is 0 Å². The third-order valence-electron chi connectivity index (χ3n) is 3.46. The standard InChI is InChI=1S/C18H15F2NO3/c19-14-7-13(8-15(20)10-14)2-4-18(22)21-6-5-12-1-3-16-17(9-12)24-11-23-16/h1-4,7-10H,5-6,11H2,(H,21,22). The first kappa shape index (κ1) is 16.0. The Morgan fingerprint density at radius 3 is 2.62 bits per heavy atom. The summed E-state index contributed by atoms with van der Waals surface area (Å²) in [5.74, 6) is -0.281. The van der Waals surface area contributed by atoms with E-state index in [9.17, 15) is 13.6 Å². The van der Waals surface area contributed by atoms with E-state index in [-0.39, 0.29) is 12.7 Å². The summed E-state index contributed by atoms with van der Waals surface area (Å²) < 4.78 is 36.6. The molecular weight excluding hydrogens is 316 g/mol. The number of hydrogen-bond acceptors (Lipinski definition) is 3. The van der Waals surface area contributed by atoms with E-state index < -0.39 is 11.6 Å². The molecule has 0 saturated heterocycles. The maximum Gasteiger partial charge on any atom is 0.244 e. The molecule has 0 radical (unpaired) electrons. The average Bonchev–Trinajstić information content (AvgIpc) is 3.00. The lowest BCUT2D eigenvalue weighted by Gasteiger charge is -2.04. The van der Waals surface area contributed by atoms with Crippen molar-refractivity contribution in [3.8, 4) is 11.5 Å². The zero-order valence-electron chi connectivity index (χ0n) is 12.7. The van der Waals surface area contributed by atoms with E-state index in [1.165, 1.54) is 12.2 Å². The summed E-state index contributed by atoms with van der Waals surface area (Å²) in [4.78, 5) is 11.7. The second-order valence-corrected chi connectivity index (χ2v) is 5.26. The Morgan fingerprint density at radius 1 is 1.08 bits per heavy atom. The smallest absolute Gasteiger partial charge is 0.244 e. The topological polar surface area (TPSA) is 47.6 Å². The van der Waals surface area contributed by atoms with Crippen LogP contribution in [0.5, 0.6) is 11.5 Å². The molecule has 24 heavy (non-hydrogen) atoms. The molecule has 1 aliphatic heterocycles. The van der Waals surface area contributed by atoms with Crippen LogP contribution < -0.4 is 14.8 Å². The van der Waals surface area contributed by atoms with Gasteiger partial charge in [-0.25, -0.2) is 8.78 Å². The fourth-order valence-corrected chi connectivity index (χ4v) is 2.33. The third-order valence-corrected chi connectivity index (χ3v) is 3.46. The van der Waals surface area contributed by atoms with Gasteiger partial charge >= 0.3 is 0 Å². The number of halogens is 2. The van der Waals surface area contributed by atoms with Crippen LogP contribution in [0.25, 0.3) is 6.08 Å². The van der Waals surface area contributed by atoms with Crippen molar-refractivity contribution in [3.05, 3.63) is 65.2 Å². The van der Waals surface area contributed by atoms with Crippen molar-refractivity contribution in [2.75, 3.05) is 13.3 Å². The molecule has 2 aromatic carbocycles. The van der Waals surface area contributed by atoms with Gasteiger partial charge in [-0.15, -0.1) is 0 Å². The Labute approximate surface area is 137 Å². The Bertz CT molecular complexity index is 770. The molecule has 1 amide bonds. The molecule has 3 rings (SSSR count). The lowest BCUT2D eigenvalue weighted by atomic mass is 10.1. The second-order valence-electron chi connectivity index (χ2n) is 5.26. The summed E-state index contributed by atoms with van der Waals surface area (Å²) in [6, 6.07) is 8.70. The predicted octanol–water partition coefficient (Wildman–Crippen LogP) is 3.07. The van der Waals surface area contributed by atoms with Gasteiger partial charge in [0.1, 0.15) is 11.6 Å². The first-order valence-corrected chi connectivity index (χ1v) is 7.41. The van der Waals surface area contributed by atoms with Crippen LogP contribution in [0, 0.1) is 11.6 Å². The van der Waals surface area contributed by atoms with Crippen molar-refractivity contribution in [1.29, 1.82) is 0 Å². The molecule has 124 valence electrons.